The van der Waals surface area contributed by atoms with E-state index in [2.05, 4.69) is 4.98 Å². The number of imidazole rings is 1. The molecule has 0 fully saturated rings. The molecule has 14 heavy (non-hydrogen) atoms. The zero-order chi connectivity index (χ0) is 10.9. The van der Waals surface area contributed by atoms with Crippen LogP contribution in [0.1, 0.15) is 19.7 Å². The summed E-state index contributed by atoms with van der Waals surface area (Å²) in [5.41, 5.74) is 0. The highest BCUT2D eigenvalue weighted by molar-refractivity contribution is 5.24. The van der Waals surface area contributed by atoms with Crippen molar-refractivity contribution in [1.82, 2.24) is 9.55 Å². The maximum atomic E-state index is 12.4. The zero-order valence-electron chi connectivity index (χ0n) is 8.18. The van der Waals surface area contributed by atoms with Gasteiger partial charge in [0.2, 0.25) is 5.82 Å². The summed E-state index contributed by atoms with van der Waals surface area (Å²) in [5.74, 6) is -0.862. The molecule has 0 aliphatic carbocycles. The third-order valence-corrected chi connectivity index (χ3v) is 1.97. The average Bonchev–Trinajstić information content (AvgIpc) is 2.40. The Balaban J connectivity index is 3.62. The van der Waals surface area contributed by atoms with Crippen molar-refractivity contribution in [1.29, 1.82) is 0 Å². The van der Waals surface area contributed by atoms with Crippen LogP contribution in [0.15, 0.2) is 0 Å². The van der Waals surface area contributed by atoms with Gasteiger partial charge in [-0.3, -0.25) is 0 Å². The molecule has 0 bridgehead atoms. The molecule has 0 saturated heterocycles. The molecule has 78 valence electrons. The third kappa shape index (κ3) is 1.66. The van der Waals surface area contributed by atoms with E-state index in [9.17, 15) is 13.2 Å². The Morgan fingerprint density at radius 1 is 1.21 bits per heavy atom. The van der Waals surface area contributed by atoms with Gasteiger partial charge in [0.1, 0.15) is 0 Å². The van der Waals surface area contributed by atoms with E-state index in [1.165, 1.54) is 7.05 Å². The zero-order valence-corrected chi connectivity index (χ0v) is 8.18. The van der Waals surface area contributed by atoms with Crippen LogP contribution in [-0.4, -0.2) is 9.55 Å². The van der Waals surface area contributed by atoms with Gasteiger partial charge in [0.15, 0.2) is 0 Å². The molecule has 0 radical (unpaired) electrons. The first kappa shape index (κ1) is 10.8. The molecule has 1 heterocycles. The summed E-state index contributed by atoms with van der Waals surface area (Å²) in [7, 11) is 1.36. The predicted octanol–water partition coefficient (Wildman–Crippen LogP) is 1.04. The summed E-state index contributed by atoms with van der Waals surface area (Å²) in [6, 6.07) is 0. The van der Waals surface area contributed by atoms with E-state index in [0.29, 0.717) is 10.7 Å². The van der Waals surface area contributed by atoms with Gasteiger partial charge in [-0.1, -0.05) is 12.2 Å². The lowest BCUT2D eigenvalue weighted by Gasteiger charge is -2.04. The highest BCUT2D eigenvalue weighted by atomic mass is 19.4. The van der Waals surface area contributed by atoms with E-state index in [-0.39, 0.29) is 0 Å². The topological polar surface area (TPSA) is 17.8 Å². The van der Waals surface area contributed by atoms with Crippen LogP contribution in [0.4, 0.5) is 13.2 Å². The standard InChI is InChI=1S/C9H11F3N2/c1-4-6-7(5-2)14(3)8(13-6)9(10,11)12/h4-5H,1-3H3/b6-4+,7-5+. The minimum absolute atomic E-state index is 0.363. The molecule has 1 aromatic heterocycles. The number of hydrogen-bond donors (Lipinski definition) is 0. The van der Waals surface area contributed by atoms with E-state index in [1.54, 1.807) is 26.0 Å². The summed E-state index contributed by atoms with van der Waals surface area (Å²) in [6.07, 6.45) is -1.23. The Bertz CT molecular complexity index is 440. The van der Waals surface area contributed by atoms with E-state index < -0.39 is 12.0 Å². The summed E-state index contributed by atoms with van der Waals surface area (Å²) in [6.45, 7) is 3.35. The van der Waals surface area contributed by atoms with Crippen LogP contribution in [0.25, 0.3) is 12.2 Å². The van der Waals surface area contributed by atoms with E-state index in [0.717, 1.165) is 4.57 Å². The summed E-state index contributed by atoms with van der Waals surface area (Å²) in [4.78, 5) is 3.52. The van der Waals surface area contributed by atoms with Crippen LogP contribution in [0.2, 0.25) is 0 Å². The van der Waals surface area contributed by atoms with Gasteiger partial charge in [-0.2, -0.15) is 13.2 Å². The number of halogens is 3. The van der Waals surface area contributed by atoms with Crippen LogP contribution in [0, 0.1) is 0 Å². The number of rotatable bonds is 0. The largest absolute Gasteiger partial charge is 0.449 e. The number of alkyl halides is 3. The van der Waals surface area contributed by atoms with E-state index in [4.69, 9.17) is 0 Å². The molecule has 0 N–H and O–H groups in total. The lowest BCUT2D eigenvalue weighted by molar-refractivity contribution is -0.146. The van der Waals surface area contributed by atoms with Gasteiger partial charge >= 0.3 is 6.18 Å². The van der Waals surface area contributed by atoms with Gasteiger partial charge in [-0.15, -0.1) is 0 Å². The molecule has 1 rings (SSSR count). The van der Waals surface area contributed by atoms with E-state index in [1.807, 2.05) is 0 Å². The van der Waals surface area contributed by atoms with Crippen LogP contribution < -0.4 is 10.7 Å². The molecule has 0 saturated carbocycles. The van der Waals surface area contributed by atoms with Crippen molar-refractivity contribution < 1.29 is 13.2 Å². The first-order valence-electron chi connectivity index (χ1n) is 4.14. The maximum Gasteiger partial charge on any atom is 0.449 e. The molecule has 0 amide bonds. The summed E-state index contributed by atoms with van der Waals surface area (Å²) >= 11 is 0. The highest BCUT2D eigenvalue weighted by Gasteiger charge is 2.36. The van der Waals surface area contributed by atoms with Crippen LogP contribution in [0.5, 0.6) is 0 Å². The highest BCUT2D eigenvalue weighted by Crippen LogP contribution is 2.25. The fraction of sp³-hybridized carbons (Fsp3) is 0.444. The maximum absolute atomic E-state index is 12.4. The molecule has 1 aromatic rings. The van der Waals surface area contributed by atoms with Gasteiger partial charge in [0.05, 0.1) is 10.7 Å². The van der Waals surface area contributed by atoms with Crippen LogP contribution in [0.3, 0.4) is 0 Å². The Labute approximate surface area is 79.4 Å². The van der Waals surface area contributed by atoms with Gasteiger partial charge in [-0.05, 0) is 13.8 Å². The lowest BCUT2D eigenvalue weighted by atomic mass is 10.4. The molecular weight excluding hydrogens is 193 g/mol. The number of hydrogen-bond acceptors (Lipinski definition) is 1. The SMILES string of the molecule is C/C=c1/nc(C(F)(F)F)n(C)/c1=C/C. The molecule has 2 nitrogen and oxygen atoms in total. The second-order valence-electron chi connectivity index (χ2n) is 2.84. The Morgan fingerprint density at radius 3 is 2.07 bits per heavy atom. The first-order valence-corrected chi connectivity index (χ1v) is 4.14. The van der Waals surface area contributed by atoms with Gasteiger partial charge in [-0.25, -0.2) is 4.98 Å². The molecule has 0 aromatic carbocycles. The molecule has 0 unspecified atom stereocenters. The molecule has 5 heteroatoms. The second-order valence-corrected chi connectivity index (χ2v) is 2.84. The molecule has 0 aliphatic rings. The van der Waals surface area contributed by atoms with Crippen molar-refractivity contribution in [3.63, 3.8) is 0 Å². The summed E-state index contributed by atoms with van der Waals surface area (Å²) < 4.78 is 38.3. The third-order valence-electron chi connectivity index (χ3n) is 1.97. The second kappa shape index (κ2) is 3.48. The van der Waals surface area contributed by atoms with Crippen molar-refractivity contribution >= 4 is 12.2 Å². The Morgan fingerprint density at radius 2 is 1.79 bits per heavy atom. The van der Waals surface area contributed by atoms with Gasteiger partial charge < -0.3 is 4.57 Å². The number of aromatic nitrogens is 2. The van der Waals surface area contributed by atoms with Crippen molar-refractivity contribution in [3.05, 3.63) is 16.5 Å². The van der Waals surface area contributed by atoms with Crippen molar-refractivity contribution in [3.8, 4) is 0 Å². The van der Waals surface area contributed by atoms with Crippen LogP contribution in [-0.2, 0) is 13.2 Å². The monoisotopic (exact) mass is 204 g/mol. The minimum Gasteiger partial charge on any atom is -0.324 e. The smallest absolute Gasteiger partial charge is 0.324 e. The van der Waals surface area contributed by atoms with Gasteiger partial charge in [0.25, 0.3) is 0 Å². The van der Waals surface area contributed by atoms with Crippen LogP contribution >= 0.6 is 0 Å². The van der Waals surface area contributed by atoms with E-state index >= 15 is 0 Å². The quantitative estimate of drug-likeness (QED) is 0.617. The number of nitrogens with zero attached hydrogens (tertiary/aromatic N) is 2. The normalized spacial score (nSPS) is 15.3. The predicted molar refractivity (Wildman–Crippen MR) is 47.7 cm³/mol. The fourth-order valence-electron chi connectivity index (χ4n) is 1.34. The van der Waals surface area contributed by atoms with Gasteiger partial charge in [0, 0.05) is 7.05 Å². The first-order chi connectivity index (χ1) is 6.41. The fourth-order valence-corrected chi connectivity index (χ4v) is 1.34. The lowest BCUT2D eigenvalue weighted by Crippen LogP contribution is -2.28. The molecule has 0 aliphatic heterocycles. The Hall–Kier alpha value is -1.26. The average molecular weight is 204 g/mol. The molecular formula is C9H11F3N2. The molecule has 0 atom stereocenters. The summed E-state index contributed by atoms with van der Waals surface area (Å²) in [5, 5.41) is 0.849. The van der Waals surface area contributed by atoms with Crippen molar-refractivity contribution in [2.24, 2.45) is 7.05 Å². The van der Waals surface area contributed by atoms with Crippen molar-refractivity contribution in [2.45, 2.75) is 20.0 Å². The molecule has 0 spiro atoms. The Kier molecular flexibility index (Phi) is 2.69. The van der Waals surface area contributed by atoms with Crippen molar-refractivity contribution in [2.75, 3.05) is 0 Å². The minimum atomic E-state index is -4.40.